The summed E-state index contributed by atoms with van der Waals surface area (Å²) in [7, 11) is 0. The Kier molecular flexibility index (Phi) is 11.8. The molecule has 23 heavy (non-hydrogen) atoms. The number of carbonyl (C=O) groups is 3. The lowest BCUT2D eigenvalue weighted by atomic mass is 10.1. The van der Waals surface area contributed by atoms with Crippen molar-refractivity contribution in [2.24, 2.45) is 11.5 Å². The van der Waals surface area contributed by atoms with Gasteiger partial charge in [-0.3, -0.25) is 14.4 Å². The zero-order valence-electron chi connectivity index (χ0n) is 13.3. The highest BCUT2D eigenvalue weighted by Crippen LogP contribution is 1.99. The first-order chi connectivity index (χ1) is 10.8. The largest absolute Gasteiger partial charge is 0.480 e. The molecular formula is C14H28N4O5. The molecule has 0 bridgehead atoms. The van der Waals surface area contributed by atoms with Crippen LogP contribution in [0, 0.1) is 0 Å². The van der Waals surface area contributed by atoms with Gasteiger partial charge in [0.15, 0.2) is 0 Å². The number of carbonyl (C=O) groups excluding carboxylic acids is 1. The maximum atomic E-state index is 11.5. The van der Waals surface area contributed by atoms with Gasteiger partial charge in [0.25, 0.3) is 0 Å². The molecule has 0 fully saturated rings. The van der Waals surface area contributed by atoms with Gasteiger partial charge in [-0.15, -0.1) is 0 Å². The monoisotopic (exact) mass is 332 g/mol. The van der Waals surface area contributed by atoms with Gasteiger partial charge in [-0.2, -0.15) is 0 Å². The van der Waals surface area contributed by atoms with Crippen LogP contribution in [-0.2, 0) is 14.4 Å². The number of unbranched alkanes of at least 4 members (excludes halogenated alkanes) is 2. The second-order valence-electron chi connectivity index (χ2n) is 5.41. The van der Waals surface area contributed by atoms with Crippen molar-refractivity contribution < 1.29 is 24.6 Å². The molecule has 0 heterocycles. The summed E-state index contributed by atoms with van der Waals surface area (Å²) in [6.45, 7) is 1.30. The molecule has 8 N–H and O–H groups in total. The van der Waals surface area contributed by atoms with Crippen LogP contribution >= 0.6 is 0 Å². The van der Waals surface area contributed by atoms with Gasteiger partial charge in [-0.25, -0.2) is 0 Å². The van der Waals surface area contributed by atoms with E-state index in [0.717, 1.165) is 6.42 Å². The van der Waals surface area contributed by atoms with Gasteiger partial charge in [0, 0.05) is 6.54 Å². The number of rotatable bonds is 14. The normalized spacial score (nSPS) is 13.3. The summed E-state index contributed by atoms with van der Waals surface area (Å²) < 4.78 is 0. The lowest BCUT2D eigenvalue weighted by Crippen LogP contribution is -2.35. The SMILES string of the molecule is N[C@@H](CCCCNCC(=O)NCCCC[C@H](N)C(=O)O)C(=O)O. The number of nitrogens with two attached hydrogens (primary N) is 2. The standard InChI is InChI=1S/C14H28N4O5/c15-10(13(20)21)5-1-3-7-17-9-12(19)18-8-4-2-6-11(16)14(22)23/h10-11,17H,1-9,15-16H2,(H,18,19)(H,20,21)(H,22,23)/t10-,11-/m0/s1. The number of hydrogen-bond donors (Lipinski definition) is 6. The van der Waals surface area contributed by atoms with Crippen LogP contribution in [0.15, 0.2) is 0 Å². The number of aliphatic carboxylic acids is 2. The number of amides is 1. The minimum Gasteiger partial charge on any atom is -0.480 e. The molecule has 0 saturated carbocycles. The quantitative estimate of drug-likeness (QED) is 0.217. The number of hydrogen-bond acceptors (Lipinski definition) is 6. The van der Waals surface area contributed by atoms with Crippen molar-refractivity contribution in [3.05, 3.63) is 0 Å². The Labute approximate surface area is 135 Å². The number of carboxylic acid groups (broad SMARTS) is 2. The van der Waals surface area contributed by atoms with Gasteiger partial charge in [0.1, 0.15) is 12.1 Å². The van der Waals surface area contributed by atoms with Crippen molar-refractivity contribution in [1.29, 1.82) is 0 Å². The molecule has 1 amide bonds. The Morgan fingerprint density at radius 2 is 1.30 bits per heavy atom. The third-order valence-electron chi connectivity index (χ3n) is 3.30. The van der Waals surface area contributed by atoms with Crippen molar-refractivity contribution in [3.63, 3.8) is 0 Å². The van der Waals surface area contributed by atoms with E-state index in [2.05, 4.69) is 10.6 Å². The summed E-state index contributed by atoms with van der Waals surface area (Å²) in [5, 5.41) is 22.9. The lowest BCUT2D eigenvalue weighted by molar-refractivity contribution is -0.139. The number of nitrogens with one attached hydrogen (secondary N) is 2. The first kappa shape index (κ1) is 21.3. The van der Waals surface area contributed by atoms with Crippen molar-refractivity contribution in [1.82, 2.24) is 10.6 Å². The molecule has 0 unspecified atom stereocenters. The average molecular weight is 332 g/mol. The second kappa shape index (κ2) is 12.8. The molecule has 0 aliphatic carbocycles. The molecule has 0 aromatic heterocycles. The van der Waals surface area contributed by atoms with Crippen LogP contribution < -0.4 is 22.1 Å². The molecule has 2 atom stereocenters. The minimum atomic E-state index is -1.01. The van der Waals surface area contributed by atoms with Crippen molar-refractivity contribution >= 4 is 17.8 Å². The maximum absolute atomic E-state index is 11.5. The van der Waals surface area contributed by atoms with E-state index >= 15 is 0 Å². The zero-order chi connectivity index (χ0) is 17.7. The van der Waals surface area contributed by atoms with Crippen LogP contribution in [0.3, 0.4) is 0 Å². The highest BCUT2D eigenvalue weighted by atomic mass is 16.4. The zero-order valence-corrected chi connectivity index (χ0v) is 13.3. The molecule has 9 heteroatoms. The van der Waals surface area contributed by atoms with E-state index in [1.54, 1.807) is 0 Å². The van der Waals surface area contributed by atoms with Gasteiger partial charge < -0.3 is 32.3 Å². The van der Waals surface area contributed by atoms with E-state index < -0.39 is 24.0 Å². The van der Waals surface area contributed by atoms with Crippen LogP contribution in [0.4, 0.5) is 0 Å². The molecule has 0 aromatic rings. The third-order valence-corrected chi connectivity index (χ3v) is 3.30. The topological polar surface area (TPSA) is 168 Å². The Morgan fingerprint density at radius 1 is 0.826 bits per heavy atom. The first-order valence-electron chi connectivity index (χ1n) is 7.78. The molecule has 134 valence electrons. The van der Waals surface area contributed by atoms with E-state index in [1.807, 2.05) is 0 Å². The van der Waals surface area contributed by atoms with E-state index in [4.69, 9.17) is 21.7 Å². The van der Waals surface area contributed by atoms with Gasteiger partial charge in [-0.1, -0.05) is 6.42 Å². The van der Waals surface area contributed by atoms with Crippen LogP contribution in [-0.4, -0.2) is 59.8 Å². The van der Waals surface area contributed by atoms with Crippen molar-refractivity contribution in [2.75, 3.05) is 19.6 Å². The van der Waals surface area contributed by atoms with Gasteiger partial charge in [-0.05, 0) is 38.6 Å². The lowest BCUT2D eigenvalue weighted by Gasteiger charge is -2.09. The minimum absolute atomic E-state index is 0.130. The fraction of sp³-hybridized carbons (Fsp3) is 0.786. The van der Waals surface area contributed by atoms with Gasteiger partial charge in [0.2, 0.25) is 5.91 Å². The highest BCUT2D eigenvalue weighted by Gasteiger charge is 2.11. The molecule has 9 nitrogen and oxygen atoms in total. The van der Waals surface area contributed by atoms with E-state index in [1.165, 1.54) is 0 Å². The molecule has 0 saturated heterocycles. The molecule has 0 aliphatic rings. The van der Waals surface area contributed by atoms with Gasteiger partial charge in [0.05, 0.1) is 6.54 Å². The van der Waals surface area contributed by atoms with Crippen molar-refractivity contribution in [3.8, 4) is 0 Å². The number of carboxylic acids is 2. The maximum Gasteiger partial charge on any atom is 0.320 e. The van der Waals surface area contributed by atoms with Crippen LogP contribution in [0.5, 0.6) is 0 Å². The van der Waals surface area contributed by atoms with E-state index in [-0.39, 0.29) is 12.5 Å². The Morgan fingerprint density at radius 3 is 1.78 bits per heavy atom. The Hall–Kier alpha value is -1.71. The summed E-state index contributed by atoms with van der Waals surface area (Å²) in [4.78, 5) is 32.5. The van der Waals surface area contributed by atoms with Crippen molar-refractivity contribution in [2.45, 2.75) is 50.6 Å². The smallest absolute Gasteiger partial charge is 0.320 e. The Balaban J connectivity index is 3.41. The predicted molar refractivity (Wildman–Crippen MR) is 84.8 cm³/mol. The predicted octanol–water partition coefficient (Wildman–Crippen LogP) is -1.14. The summed E-state index contributed by atoms with van der Waals surface area (Å²) >= 11 is 0. The first-order valence-corrected chi connectivity index (χ1v) is 7.78. The van der Waals surface area contributed by atoms with Crippen LogP contribution in [0.2, 0.25) is 0 Å². The summed E-state index contributed by atoms with van der Waals surface area (Å²) in [6, 6.07) is -1.67. The molecular weight excluding hydrogens is 304 g/mol. The fourth-order valence-corrected chi connectivity index (χ4v) is 1.84. The Bertz CT molecular complexity index is 378. The van der Waals surface area contributed by atoms with Crippen LogP contribution in [0.25, 0.3) is 0 Å². The summed E-state index contributed by atoms with van der Waals surface area (Å²) in [5.41, 5.74) is 10.7. The summed E-state index contributed by atoms with van der Waals surface area (Å²) in [6.07, 6.45) is 3.57. The molecule has 0 aliphatic heterocycles. The molecule has 0 rings (SSSR count). The average Bonchev–Trinajstić information content (AvgIpc) is 2.49. The van der Waals surface area contributed by atoms with E-state index in [0.29, 0.717) is 45.2 Å². The fourth-order valence-electron chi connectivity index (χ4n) is 1.84. The third kappa shape index (κ3) is 12.5. The summed E-state index contributed by atoms with van der Waals surface area (Å²) in [5.74, 6) is -2.14. The van der Waals surface area contributed by atoms with E-state index in [9.17, 15) is 14.4 Å². The molecule has 0 aromatic carbocycles. The van der Waals surface area contributed by atoms with Gasteiger partial charge >= 0.3 is 11.9 Å². The van der Waals surface area contributed by atoms with Crippen LogP contribution in [0.1, 0.15) is 38.5 Å². The highest BCUT2D eigenvalue weighted by molar-refractivity contribution is 5.77. The molecule has 0 radical (unpaired) electrons. The second-order valence-corrected chi connectivity index (χ2v) is 5.41. The molecule has 0 spiro atoms.